The van der Waals surface area contributed by atoms with Gasteiger partial charge in [-0.15, -0.1) is 11.3 Å². The standard InChI is InChI=1S/C9H5ClO2S.C6H13N/c10-7-5-3-1-2-4-6(5)13-8(7)9(11)12;7-6-4-2-1-3-5-6/h1-4H,(H,11,12);6H,1-5,7H2. The lowest BCUT2D eigenvalue weighted by Crippen LogP contribution is -2.61. The van der Waals surface area contributed by atoms with E-state index in [1.165, 1.54) is 32.1 Å². The zero-order chi connectivity index (χ0) is 14.5. The Hall–Kier alpha value is -1.10. The second-order valence-corrected chi connectivity index (χ2v) is 6.46. The van der Waals surface area contributed by atoms with E-state index in [1.807, 2.05) is 18.2 Å². The van der Waals surface area contributed by atoms with E-state index in [2.05, 4.69) is 5.73 Å². The Kier molecular flexibility index (Phi) is 5.40. The minimum atomic E-state index is -1.22. The van der Waals surface area contributed by atoms with Crippen LogP contribution in [0.1, 0.15) is 41.8 Å². The van der Waals surface area contributed by atoms with Crippen LogP contribution in [0.3, 0.4) is 0 Å². The highest BCUT2D eigenvalue weighted by Gasteiger charge is 2.10. The van der Waals surface area contributed by atoms with Gasteiger partial charge in [-0.3, -0.25) is 0 Å². The molecule has 0 amide bonds. The summed E-state index contributed by atoms with van der Waals surface area (Å²) in [6.45, 7) is 0. The lowest BCUT2D eigenvalue weighted by atomic mass is 9.97. The number of carboxylic acid groups (broad SMARTS) is 1. The molecule has 1 aromatic carbocycles. The third-order valence-corrected chi connectivity index (χ3v) is 5.10. The van der Waals surface area contributed by atoms with Crippen molar-refractivity contribution in [2.45, 2.75) is 38.1 Å². The quantitative estimate of drug-likeness (QED) is 0.879. The molecule has 1 aliphatic carbocycles. The molecule has 0 spiro atoms. The van der Waals surface area contributed by atoms with Gasteiger partial charge in [-0.1, -0.05) is 36.2 Å². The zero-order valence-corrected chi connectivity index (χ0v) is 12.8. The molecule has 0 saturated heterocycles. The van der Waals surface area contributed by atoms with E-state index in [0.717, 1.165) is 27.5 Å². The van der Waals surface area contributed by atoms with Gasteiger partial charge in [0.2, 0.25) is 0 Å². The molecular formula is C15H18ClNO2S. The number of carboxylic acids is 1. The van der Waals surface area contributed by atoms with Crippen molar-refractivity contribution in [3.8, 4) is 0 Å². The largest absolute Gasteiger partial charge is 0.544 e. The second-order valence-electron chi connectivity index (χ2n) is 5.03. The first-order chi connectivity index (χ1) is 9.59. The molecular weight excluding hydrogens is 294 g/mol. The number of hydrogen-bond acceptors (Lipinski definition) is 3. The van der Waals surface area contributed by atoms with Crippen LogP contribution in [0.4, 0.5) is 0 Å². The van der Waals surface area contributed by atoms with Gasteiger partial charge >= 0.3 is 0 Å². The van der Waals surface area contributed by atoms with Gasteiger partial charge in [-0.2, -0.15) is 0 Å². The molecule has 1 fully saturated rings. The smallest absolute Gasteiger partial charge is 0.0843 e. The topological polar surface area (TPSA) is 67.8 Å². The number of hydrogen-bond donors (Lipinski definition) is 1. The maximum Gasteiger partial charge on any atom is 0.0843 e. The average molecular weight is 312 g/mol. The number of fused-ring (bicyclic) bond motifs is 1. The Morgan fingerprint density at radius 2 is 1.90 bits per heavy atom. The first kappa shape index (κ1) is 15.3. The fourth-order valence-corrected chi connectivity index (χ4v) is 3.68. The Balaban J connectivity index is 0.000000178. The normalized spacial score (nSPS) is 15.7. The molecule has 0 bridgehead atoms. The molecule has 1 heterocycles. The van der Waals surface area contributed by atoms with E-state index in [-0.39, 0.29) is 9.90 Å². The van der Waals surface area contributed by atoms with Crippen LogP contribution in [0, 0.1) is 0 Å². The van der Waals surface area contributed by atoms with Crippen LogP contribution in [0.15, 0.2) is 24.3 Å². The summed E-state index contributed by atoms with van der Waals surface area (Å²) in [6, 6.07) is 8.07. The molecule has 0 unspecified atom stereocenters. The lowest BCUT2D eigenvalue weighted by Gasteiger charge is -2.12. The van der Waals surface area contributed by atoms with E-state index in [1.54, 1.807) is 6.07 Å². The van der Waals surface area contributed by atoms with Gasteiger partial charge in [0.25, 0.3) is 0 Å². The van der Waals surface area contributed by atoms with Crippen molar-refractivity contribution in [1.29, 1.82) is 0 Å². The highest BCUT2D eigenvalue weighted by Crippen LogP contribution is 2.34. The van der Waals surface area contributed by atoms with Crippen LogP contribution < -0.4 is 10.8 Å². The van der Waals surface area contributed by atoms with Crippen LogP contribution >= 0.6 is 22.9 Å². The fourth-order valence-electron chi connectivity index (χ4n) is 2.33. The molecule has 3 rings (SSSR count). The summed E-state index contributed by atoms with van der Waals surface area (Å²) in [4.78, 5) is 10.7. The van der Waals surface area contributed by atoms with E-state index in [4.69, 9.17) is 11.6 Å². The van der Waals surface area contributed by atoms with Gasteiger partial charge in [0.05, 0.1) is 21.9 Å². The molecule has 1 saturated carbocycles. The summed E-state index contributed by atoms with van der Waals surface area (Å²) >= 11 is 6.98. The molecule has 0 radical (unpaired) electrons. The molecule has 3 nitrogen and oxygen atoms in total. The number of thiophene rings is 1. The van der Waals surface area contributed by atoms with Gasteiger partial charge < -0.3 is 15.6 Å². The minimum Gasteiger partial charge on any atom is -0.544 e. The summed E-state index contributed by atoms with van der Waals surface area (Å²) in [6.07, 6.45) is 7.05. The van der Waals surface area contributed by atoms with Crippen molar-refractivity contribution < 1.29 is 15.6 Å². The number of rotatable bonds is 1. The van der Waals surface area contributed by atoms with Crippen molar-refractivity contribution in [2.75, 3.05) is 0 Å². The Bertz CT molecular complexity index is 591. The fraction of sp³-hybridized carbons (Fsp3) is 0.400. The van der Waals surface area contributed by atoms with Crippen molar-refractivity contribution in [3.05, 3.63) is 34.2 Å². The molecule has 20 heavy (non-hydrogen) atoms. The minimum absolute atomic E-state index is 0.0999. The molecule has 2 aromatic rings. The summed E-state index contributed by atoms with van der Waals surface area (Å²) < 4.78 is 0.867. The Labute approximate surface area is 127 Å². The predicted molar refractivity (Wildman–Crippen MR) is 80.9 cm³/mol. The number of benzene rings is 1. The molecule has 108 valence electrons. The number of quaternary nitrogens is 1. The van der Waals surface area contributed by atoms with Gasteiger partial charge in [0, 0.05) is 10.1 Å². The van der Waals surface area contributed by atoms with Crippen molar-refractivity contribution in [2.24, 2.45) is 0 Å². The van der Waals surface area contributed by atoms with Crippen LogP contribution in [0.2, 0.25) is 5.02 Å². The van der Waals surface area contributed by atoms with Crippen molar-refractivity contribution in [1.82, 2.24) is 0 Å². The van der Waals surface area contributed by atoms with Gasteiger partial charge in [0.15, 0.2) is 0 Å². The van der Waals surface area contributed by atoms with Gasteiger partial charge in [-0.05, 0) is 31.7 Å². The molecule has 5 heteroatoms. The SMILES string of the molecule is O=C([O-])c1sc2ccccc2c1Cl.[NH3+]C1CCCCC1. The third kappa shape index (κ3) is 3.72. The van der Waals surface area contributed by atoms with Crippen LogP contribution in [0.5, 0.6) is 0 Å². The number of carbonyl (C=O) groups excluding carboxylic acids is 1. The third-order valence-electron chi connectivity index (χ3n) is 3.45. The first-order valence-electron chi connectivity index (χ1n) is 6.81. The number of halogens is 1. The lowest BCUT2D eigenvalue weighted by molar-refractivity contribution is -0.425. The summed E-state index contributed by atoms with van der Waals surface area (Å²) in [5.41, 5.74) is 4.00. The first-order valence-corrected chi connectivity index (χ1v) is 8.00. The average Bonchev–Trinajstić information content (AvgIpc) is 2.79. The molecule has 0 atom stereocenters. The van der Waals surface area contributed by atoms with E-state index in [0.29, 0.717) is 0 Å². The monoisotopic (exact) mass is 311 g/mol. The van der Waals surface area contributed by atoms with Crippen LogP contribution in [-0.2, 0) is 0 Å². The molecule has 1 aliphatic rings. The summed E-state index contributed by atoms with van der Waals surface area (Å²) in [7, 11) is 0. The maximum absolute atomic E-state index is 10.6. The summed E-state index contributed by atoms with van der Waals surface area (Å²) in [5, 5.41) is 11.7. The second kappa shape index (κ2) is 7.07. The molecule has 1 aromatic heterocycles. The molecule has 3 N–H and O–H groups in total. The van der Waals surface area contributed by atoms with Gasteiger partial charge in [-0.25, -0.2) is 0 Å². The van der Waals surface area contributed by atoms with Crippen LogP contribution in [0.25, 0.3) is 10.1 Å². The van der Waals surface area contributed by atoms with Gasteiger partial charge in [0.1, 0.15) is 0 Å². The Morgan fingerprint density at radius 1 is 1.25 bits per heavy atom. The predicted octanol–water partition coefficient (Wildman–Crippen LogP) is 2.48. The number of carbonyl (C=O) groups is 1. The van der Waals surface area contributed by atoms with E-state index < -0.39 is 5.97 Å². The maximum atomic E-state index is 10.6. The van der Waals surface area contributed by atoms with Crippen molar-refractivity contribution >= 4 is 39.0 Å². The van der Waals surface area contributed by atoms with Crippen molar-refractivity contribution in [3.63, 3.8) is 0 Å². The number of aromatic carboxylic acids is 1. The molecule has 0 aliphatic heterocycles. The zero-order valence-electron chi connectivity index (χ0n) is 11.2. The highest BCUT2D eigenvalue weighted by molar-refractivity contribution is 7.21. The highest BCUT2D eigenvalue weighted by atomic mass is 35.5. The van der Waals surface area contributed by atoms with Crippen LogP contribution in [-0.4, -0.2) is 12.0 Å². The summed E-state index contributed by atoms with van der Waals surface area (Å²) in [5.74, 6) is -1.22. The van der Waals surface area contributed by atoms with E-state index in [9.17, 15) is 9.90 Å². The van der Waals surface area contributed by atoms with E-state index >= 15 is 0 Å². The Morgan fingerprint density at radius 3 is 2.40 bits per heavy atom.